The maximum Gasteiger partial charge on any atom is 0.217 e. The van der Waals surface area contributed by atoms with Crippen molar-refractivity contribution in [1.82, 2.24) is 10.3 Å². The monoisotopic (exact) mass is 226 g/mol. The number of nitrogens with one attached hydrogen (secondary N) is 1. The topological polar surface area (TPSA) is 54.4 Å². The Balaban J connectivity index is 2.29. The summed E-state index contributed by atoms with van der Waals surface area (Å²) >= 11 is 0. The smallest absolute Gasteiger partial charge is 0.217 e. The first kappa shape index (κ1) is 10.8. The molecule has 1 saturated heterocycles. The van der Waals surface area contributed by atoms with Gasteiger partial charge in [0.2, 0.25) is 5.88 Å². The molecule has 1 fully saturated rings. The van der Waals surface area contributed by atoms with Crippen molar-refractivity contribution in [3.63, 3.8) is 0 Å². The SMILES string of the molecule is COc1ncc(P)cc1[C@H]1C[C@@H](O)CN1. The summed E-state index contributed by atoms with van der Waals surface area (Å²) in [5, 5.41) is 13.7. The molecular weight excluding hydrogens is 211 g/mol. The molecule has 5 heteroatoms. The van der Waals surface area contributed by atoms with E-state index < -0.39 is 0 Å². The lowest BCUT2D eigenvalue weighted by molar-refractivity contribution is 0.193. The van der Waals surface area contributed by atoms with Crippen LogP contribution in [0.3, 0.4) is 0 Å². The van der Waals surface area contributed by atoms with E-state index in [1.807, 2.05) is 6.07 Å². The summed E-state index contributed by atoms with van der Waals surface area (Å²) in [6.45, 7) is 0.634. The van der Waals surface area contributed by atoms with Crippen LogP contribution in [0, 0.1) is 0 Å². The Morgan fingerprint density at radius 1 is 1.67 bits per heavy atom. The predicted molar refractivity (Wildman–Crippen MR) is 61.5 cm³/mol. The van der Waals surface area contributed by atoms with E-state index in [1.54, 1.807) is 13.3 Å². The number of aliphatic hydroxyl groups is 1. The summed E-state index contributed by atoms with van der Waals surface area (Å²) in [6, 6.07) is 2.16. The van der Waals surface area contributed by atoms with Crippen LogP contribution < -0.4 is 15.4 Å². The first-order valence-corrected chi connectivity index (χ1v) is 5.49. The van der Waals surface area contributed by atoms with Gasteiger partial charge >= 0.3 is 0 Å². The molecule has 2 rings (SSSR count). The lowest BCUT2D eigenvalue weighted by Crippen LogP contribution is -2.16. The normalized spacial score (nSPS) is 25.5. The third-order valence-corrected chi connectivity index (χ3v) is 2.89. The summed E-state index contributed by atoms with van der Waals surface area (Å²) in [4.78, 5) is 4.20. The van der Waals surface area contributed by atoms with Crippen LogP contribution in [0.5, 0.6) is 5.88 Å². The molecule has 0 radical (unpaired) electrons. The lowest BCUT2D eigenvalue weighted by Gasteiger charge is -2.14. The maximum atomic E-state index is 9.46. The van der Waals surface area contributed by atoms with Crippen molar-refractivity contribution in [1.29, 1.82) is 0 Å². The number of rotatable bonds is 2. The number of ether oxygens (including phenoxy) is 1. The van der Waals surface area contributed by atoms with Gasteiger partial charge in [-0.3, -0.25) is 0 Å². The Kier molecular flexibility index (Phi) is 3.19. The molecular formula is C10H15N2O2P. The highest BCUT2D eigenvalue weighted by Gasteiger charge is 2.26. The fourth-order valence-electron chi connectivity index (χ4n) is 1.86. The number of nitrogens with zero attached hydrogens (tertiary/aromatic N) is 1. The van der Waals surface area contributed by atoms with Gasteiger partial charge < -0.3 is 15.2 Å². The number of β-amino-alcohol motifs (C(OH)–C–C–N with tert-alkyl or cyclic N) is 1. The van der Waals surface area contributed by atoms with E-state index in [0.29, 0.717) is 18.8 Å². The van der Waals surface area contributed by atoms with Crippen LogP contribution >= 0.6 is 9.24 Å². The second-order valence-corrected chi connectivity index (χ2v) is 4.38. The molecule has 2 heterocycles. The van der Waals surface area contributed by atoms with Gasteiger partial charge in [0.05, 0.1) is 13.2 Å². The molecule has 15 heavy (non-hydrogen) atoms. The molecule has 0 spiro atoms. The van der Waals surface area contributed by atoms with E-state index in [-0.39, 0.29) is 12.1 Å². The summed E-state index contributed by atoms with van der Waals surface area (Å²) < 4.78 is 5.21. The Bertz CT molecular complexity index is 359. The number of hydrogen-bond donors (Lipinski definition) is 2. The molecule has 1 aromatic rings. The first-order valence-electron chi connectivity index (χ1n) is 4.91. The fourth-order valence-corrected chi connectivity index (χ4v) is 2.11. The Morgan fingerprint density at radius 3 is 3.07 bits per heavy atom. The molecule has 0 amide bonds. The van der Waals surface area contributed by atoms with Gasteiger partial charge in [-0.25, -0.2) is 4.98 Å². The Hall–Kier alpha value is -0.700. The van der Waals surface area contributed by atoms with Crippen LogP contribution in [-0.2, 0) is 0 Å². The molecule has 82 valence electrons. The van der Waals surface area contributed by atoms with Crippen LogP contribution in [0.1, 0.15) is 18.0 Å². The molecule has 4 nitrogen and oxygen atoms in total. The highest BCUT2D eigenvalue weighted by atomic mass is 31.0. The van der Waals surface area contributed by atoms with Crippen molar-refractivity contribution >= 4 is 14.5 Å². The van der Waals surface area contributed by atoms with E-state index in [2.05, 4.69) is 19.5 Å². The number of hydrogen-bond acceptors (Lipinski definition) is 4. The summed E-state index contributed by atoms with van der Waals surface area (Å²) in [6.07, 6.45) is 2.19. The second-order valence-electron chi connectivity index (χ2n) is 3.72. The maximum absolute atomic E-state index is 9.46. The highest BCUT2D eigenvalue weighted by Crippen LogP contribution is 2.28. The van der Waals surface area contributed by atoms with Crippen LogP contribution in [0.25, 0.3) is 0 Å². The van der Waals surface area contributed by atoms with E-state index in [4.69, 9.17) is 4.74 Å². The van der Waals surface area contributed by atoms with Crippen molar-refractivity contribution < 1.29 is 9.84 Å². The van der Waals surface area contributed by atoms with Crippen LogP contribution in [0.15, 0.2) is 12.3 Å². The van der Waals surface area contributed by atoms with Gasteiger partial charge in [0.15, 0.2) is 0 Å². The van der Waals surface area contributed by atoms with E-state index >= 15 is 0 Å². The number of pyridine rings is 1. The van der Waals surface area contributed by atoms with Crippen molar-refractivity contribution in [2.24, 2.45) is 0 Å². The van der Waals surface area contributed by atoms with Crippen molar-refractivity contribution in [2.75, 3.05) is 13.7 Å². The molecule has 0 saturated carbocycles. The van der Waals surface area contributed by atoms with Crippen molar-refractivity contribution in [3.8, 4) is 5.88 Å². The molecule has 1 aromatic heterocycles. The highest BCUT2D eigenvalue weighted by molar-refractivity contribution is 7.27. The molecule has 1 aliphatic rings. The fraction of sp³-hybridized carbons (Fsp3) is 0.500. The van der Waals surface area contributed by atoms with E-state index in [0.717, 1.165) is 10.9 Å². The van der Waals surface area contributed by atoms with E-state index in [9.17, 15) is 5.11 Å². The zero-order chi connectivity index (χ0) is 10.8. The minimum Gasteiger partial charge on any atom is -0.481 e. The largest absolute Gasteiger partial charge is 0.481 e. The Morgan fingerprint density at radius 2 is 2.47 bits per heavy atom. The van der Waals surface area contributed by atoms with Gasteiger partial charge in [-0.05, 0) is 17.8 Å². The third-order valence-electron chi connectivity index (χ3n) is 2.58. The molecule has 2 N–H and O–H groups in total. The van der Waals surface area contributed by atoms with Crippen molar-refractivity contribution in [2.45, 2.75) is 18.6 Å². The van der Waals surface area contributed by atoms with Crippen LogP contribution in [-0.4, -0.2) is 29.8 Å². The first-order chi connectivity index (χ1) is 7.20. The van der Waals surface area contributed by atoms with Gasteiger partial charge in [-0.15, -0.1) is 9.24 Å². The molecule has 0 bridgehead atoms. The Labute approximate surface area is 91.3 Å². The molecule has 1 aliphatic heterocycles. The number of aromatic nitrogens is 1. The standard InChI is InChI=1S/C10H15N2O2P/c1-14-10-8(3-7(15)5-12-10)9-2-6(13)4-11-9/h3,5-6,9,11,13H,2,4,15H2,1H3/t6-,9-/m1/s1. The minimum atomic E-state index is -0.270. The van der Waals surface area contributed by atoms with Crippen LogP contribution in [0.4, 0.5) is 0 Å². The molecule has 0 aliphatic carbocycles. The van der Waals surface area contributed by atoms with E-state index in [1.165, 1.54) is 0 Å². The average molecular weight is 226 g/mol. The van der Waals surface area contributed by atoms with Crippen LogP contribution in [0.2, 0.25) is 0 Å². The van der Waals surface area contributed by atoms with Gasteiger partial charge in [0, 0.05) is 24.3 Å². The average Bonchev–Trinajstić information content (AvgIpc) is 2.65. The van der Waals surface area contributed by atoms with Gasteiger partial charge in [0.1, 0.15) is 0 Å². The second kappa shape index (κ2) is 4.44. The minimum absolute atomic E-state index is 0.142. The summed E-state index contributed by atoms with van der Waals surface area (Å²) in [5.74, 6) is 0.632. The predicted octanol–water partition coefficient (Wildman–Crippen LogP) is -0.0141. The molecule has 3 atom stereocenters. The zero-order valence-corrected chi connectivity index (χ0v) is 9.76. The van der Waals surface area contributed by atoms with Gasteiger partial charge in [-0.1, -0.05) is 0 Å². The number of aliphatic hydroxyl groups excluding tert-OH is 1. The molecule has 0 aromatic carbocycles. The lowest BCUT2D eigenvalue weighted by atomic mass is 10.1. The molecule has 1 unspecified atom stereocenters. The third kappa shape index (κ3) is 2.28. The van der Waals surface area contributed by atoms with Gasteiger partial charge in [0.25, 0.3) is 0 Å². The summed E-state index contributed by atoms with van der Waals surface area (Å²) in [7, 11) is 4.22. The van der Waals surface area contributed by atoms with Crippen molar-refractivity contribution in [3.05, 3.63) is 17.8 Å². The quantitative estimate of drug-likeness (QED) is 0.696. The summed E-state index contributed by atoms with van der Waals surface area (Å²) in [5.41, 5.74) is 1.02. The zero-order valence-electron chi connectivity index (χ0n) is 8.60. The van der Waals surface area contributed by atoms with Gasteiger partial charge in [-0.2, -0.15) is 0 Å². The number of methoxy groups -OCH3 is 1.